The van der Waals surface area contributed by atoms with Gasteiger partial charge in [0, 0.05) is 12.2 Å². The summed E-state index contributed by atoms with van der Waals surface area (Å²) in [6.07, 6.45) is 0.983. The van der Waals surface area contributed by atoms with Crippen molar-refractivity contribution in [1.29, 1.82) is 0 Å². The van der Waals surface area contributed by atoms with Crippen LogP contribution in [0.3, 0.4) is 0 Å². The van der Waals surface area contributed by atoms with Crippen LogP contribution in [0, 0.1) is 12.8 Å². The zero-order chi connectivity index (χ0) is 24.4. The van der Waals surface area contributed by atoms with Crippen molar-refractivity contribution in [2.75, 3.05) is 11.9 Å². The molecule has 1 aliphatic carbocycles. The summed E-state index contributed by atoms with van der Waals surface area (Å²) < 4.78 is 5.74. The van der Waals surface area contributed by atoms with Gasteiger partial charge < -0.3 is 15.4 Å². The molecule has 0 radical (unpaired) electrons. The Balaban J connectivity index is 1.36. The van der Waals surface area contributed by atoms with E-state index in [0.717, 1.165) is 24.0 Å². The van der Waals surface area contributed by atoms with Crippen molar-refractivity contribution >= 4 is 34.9 Å². The van der Waals surface area contributed by atoms with Crippen LogP contribution in [-0.2, 0) is 16.1 Å². The van der Waals surface area contributed by atoms with Gasteiger partial charge in [-0.25, -0.2) is 4.79 Å². The van der Waals surface area contributed by atoms with E-state index in [0.29, 0.717) is 28.6 Å². The lowest BCUT2D eigenvalue weighted by atomic mass is 10.00. The molecule has 2 aromatic carbocycles. The maximum atomic E-state index is 13.3. The monoisotopic (exact) mass is 489 g/mol. The van der Waals surface area contributed by atoms with Gasteiger partial charge in [0.1, 0.15) is 0 Å². The molecular formula is C27H27N3O4S. The predicted molar refractivity (Wildman–Crippen MR) is 134 cm³/mol. The van der Waals surface area contributed by atoms with Gasteiger partial charge >= 0.3 is 6.09 Å². The molecule has 5 rings (SSSR count). The van der Waals surface area contributed by atoms with Crippen LogP contribution in [0.5, 0.6) is 0 Å². The van der Waals surface area contributed by atoms with E-state index >= 15 is 0 Å². The lowest BCUT2D eigenvalue weighted by Crippen LogP contribution is -2.46. The summed E-state index contributed by atoms with van der Waals surface area (Å²) in [6.45, 7) is 2.89. The number of thiophene rings is 1. The van der Waals surface area contributed by atoms with E-state index in [2.05, 4.69) is 10.6 Å². The number of hydrogen-bond acceptors (Lipinski definition) is 5. The number of amides is 3. The quantitative estimate of drug-likeness (QED) is 0.471. The maximum Gasteiger partial charge on any atom is 0.411 e. The number of nitrogens with zero attached hydrogens (tertiary/aromatic N) is 1. The zero-order valence-electron chi connectivity index (χ0n) is 19.4. The van der Waals surface area contributed by atoms with E-state index in [1.165, 1.54) is 16.2 Å². The Labute approximate surface area is 208 Å². The molecule has 2 N–H and O–H groups in total. The maximum absolute atomic E-state index is 13.3. The molecule has 180 valence electrons. The van der Waals surface area contributed by atoms with Crippen LogP contribution in [0.25, 0.3) is 0 Å². The normalized spacial score (nSPS) is 19.3. The first-order chi connectivity index (χ1) is 17.0. The molecular weight excluding hydrogens is 462 g/mol. The summed E-state index contributed by atoms with van der Waals surface area (Å²) in [6, 6.07) is 17.8. The molecule has 2 unspecified atom stereocenters. The van der Waals surface area contributed by atoms with E-state index in [9.17, 15) is 14.4 Å². The summed E-state index contributed by atoms with van der Waals surface area (Å²) in [5.74, 6) is 0.129. The van der Waals surface area contributed by atoms with Crippen molar-refractivity contribution in [1.82, 2.24) is 10.2 Å². The second kappa shape index (κ2) is 9.92. The Kier molecular flexibility index (Phi) is 6.55. The molecule has 3 aromatic rings. The molecule has 0 spiro atoms. The molecule has 2 fully saturated rings. The zero-order valence-corrected chi connectivity index (χ0v) is 20.2. The first-order valence-electron chi connectivity index (χ1n) is 11.7. The van der Waals surface area contributed by atoms with Gasteiger partial charge in [0.25, 0.3) is 5.91 Å². The number of ether oxygens (including phenoxy) is 1. The first kappa shape index (κ1) is 23.1. The standard InChI is InChI=1S/C27H27N3O4S/c1-17-4-2-5-19(14-17)16-30-23(26(32)28-15-18-7-8-18)24(34-27(30)33)20-9-11-21(12-10-20)29-25(31)22-6-3-13-35-22/h2-6,9-14,18,23-24H,7-8,15-16H2,1H3,(H,28,32)(H,29,31). The van der Waals surface area contributed by atoms with Gasteiger partial charge in [-0.15, -0.1) is 11.3 Å². The molecule has 2 aliphatic rings. The highest BCUT2D eigenvalue weighted by Crippen LogP contribution is 2.35. The van der Waals surface area contributed by atoms with Gasteiger partial charge in [-0.05, 0) is 60.4 Å². The summed E-state index contributed by atoms with van der Waals surface area (Å²) in [7, 11) is 0. The molecule has 2 atom stereocenters. The smallest absolute Gasteiger partial charge is 0.411 e. The van der Waals surface area contributed by atoms with E-state index in [1.54, 1.807) is 30.3 Å². The number of carbonyl (C=O) groups excluding carboxylic acids is 3. The first-order valence-corrected chi connectivity index (χ1v) is 12.6. The summed E-state index contributed by atoms with van der Waals surface area (Å²) in [4.78, 5) is 40.7. The van der Waals surface area contributed by atoms with Crippen LogP contribution in [0.15, 0.2) is 66.0 Å². The van der Waals surface area contributed by atoms with E-state index in [4.69, 9.17) is 4.74 Å². The molecule has 1 saturated heterocycles. The van der Waals surface area contributed by atoms with Gasteiger partial charge in [0.05, 0.1) is 11.4 Å². The van der Waals surface area contributed by atoms with Crippen molar-refractivity contribution in [3.8, 4) is 0 Å². The second-order valence-corrected chi connectivity index (χ2v) is 10.1. The number of rotatable bonds is 8. The highest BCUT2D eigenvalue weighted by Gasteiger charge is 2.47. The Hall–Kier alpha value is -3.65. The Morgan fingerprint density at radius 3 is 2.57 bits per heavy atom. The Morgan fingerprint density at radius 1 is 1.09 bits per heavy atom. The van der Waals surface area contributed by atoms with Crippen LogP contribution in [-0.4, -0.2) is 35.4 Å². The van der Waals surface area contributed by atoms with Crippen LogP contribution in [0.4, 0.5) is 10.5 Å². The fraction of sp³-hybridized carbons (Fsp3) is 0.296. The molecule has 1 aliphatic heterocycles. The van der Waals surface area contributed by atoms with Crippen LogP contribution in [0.1, 0.15) is 45.3 Å². The van der Waals surface area contributed by atoms with E-state index < -0.39 is 18.2 Å². The lowest BCUT2D eigenvalue weighted by Gasteiger charge is -2.24. The van der Waals surface area contributed by atoms with Crippen molar-refractivity contribution in [3.05, 3.63) is 87.6 Å². The van der Waals surface area contributed by atoms with Crippen molar-refractivity contribution in [2.45, 2.75) is 38.5 Å². The summed E-state index contributed by atoms with van der Waals surface area (Å²) in [5, 5.41) is 7.73. The number of anilines is 1. The minimum Gasteiger partial charge on any atom is -0.438 e. The van der Waals surface area contributed by atoms with Gasteiger partial charge in [-0.2, -0.15) is 0 Å². The van der Waals surface area contributed by atoms with Crippen LogP contribution < -0.4 is 10.6 Å². The fourth-order valence-corrected chi connectivity index (χ4v) is 4.86. The van der Waals surface area contributed by atoms with Crippen LogP contribution >= 0.6 is 11.3 Å². The highest BCUT2D eigenvalue weighted by molar-refractivity contribution is 7.12. The van der Waals surface area contributed by atoms with Gasteiger partial charge in [-0.3, -0.25) is 14.5 Å². The van der Waals surface area contributed by atoms with Gasteiger partial charge in [0.15, 0.2) is 12.1 Å². The third-order valence-corrected chi connectivity index (χ3v) is 7.16. The minimum atomic E-state index is -0.784. The number of benzene rings is 2. The topological polar surface area (TPSA) is 87.7 Å². The summed E-state index contributed by atoms with van der Waals surface area (Å²) in [5.41, 5.74) is 3.35. The van der Waals surface area contributed by atoms with Crippen LogP contribution in [0.2, 0.25) is 0 Å². The number of cyclic esters (lactones) is 1. The molecule has 8 heteroatoms. The average molecular weight is 490 g/mol. The highest BCUT2D eigenvalue weighted by atomic mass is 32.1. The number of nitrogens with one attached hydrogen (secondary N) is 2. The molecule has 2 heterocycles. The lowest BCUT2D eigenvalue weighted by molar-refractivity contribution is -0.126. The Bertz CT molecular complexity index is 1220. The van der Waals surface area contributed by atoms with Crippen molar-refractivity contribution < 1.29 is 19.1 Å². The largest absolute Gasteiger partial charge is 0.438 e. The molecule has 1 saturated carbocycles. The van der Waals surface area contributed by atoms with Gasteiger partial charge in [-0.1, -0.05) is 48.0 Å². The molecule has 3 amide bonds. The predicted octanol–water partition coefficient (Wildman–Crippen LogP) is 4.90. The number of carbonyl (C=O) groups is 3. The molecule has 0 bridgehead atoms. The third-order valence-electron chi connectivity index (χ3n) is 6.29. The van der Waals surface area contributed by atoms with Crippen molar-refractivity contribution in [3.63, 3.8) is 0 Å². The van der Waals surface area contributed by atoms with E-state index in [1.807, 2.05) is 42.6 Å². The molecule has 7 nitrogen and oxygen atoms in total. The summed E-state index contributed by atoms with van der Waals surface area (Å²) >= 11 is 1.37. The van der Waals surface area contributed by atoms with Crippen molar-refractivity contribution in [2.24, 2.45) is 5.92 Å². The second-order valence-electron chi connectivity index (χ2n) is 9.11. The average Bonchev–Trinajstić information content (AvgIpc) is 3.39. The fourth-order valence-electron chi connectivity index (χ4n) is 4.25. The molecule has 35 heavy (non-hydrogen) atoms. The number of aryl methyl sites for hydroxylation is 1. The van der Waals surface area contributed by atoms with Gasteiger partial charge in [0.2, 0.25) is 5.91 Å². The Morgan fingerprint density at radius 2 is 1.89 bits per heavy atom. The molecule has 1 aromatic heterocycles. The third kappa shape index (κ3) is 5.38. The number of hydrogen-bond donors (Lipinski definition) is 2. The SMILES string of the molecule is Cc1cccc(CN2C(=O)OC(c3ccc(NC(=O)c4cccs4)cc3)C2C(=O)NCC2CC2)c1. The van der Waals surface area contributed by atoms with E-state index in [-0.39, 0.29) is 18.4 Å². The minimum absolute atomic E-state index is 0.179.